The van der Waals surface area contributed by atoms with Crippen LogP contribution in [0.25, 0.3) is 0 Å². The zero-order valence-electron chi connectivity index (χ0n) is 22.7. The number of benzene rings is 2. The van der Waals surface area contributed by atoms with Gasteiger partial charge < -0.3 is 25.4 Å². The van der Waals surface area contributed by atoms with Gasteiger partial charge in [-0.05, 0) is 87.9 Å². The molecule has 3 heterocycles. The Balaban J connectivity index is 1.42. The van der Waals surface area contributed by atoms with Crippen LogP contribution in [0, 0.1) is 25.7 Å². The molecule has 2 aromatic carbocycles. The van der Waals surface area contributed by atoms with Crippen LogP contribution in [-0.4, -0.2) is 63.5 Å². The van der Waals surface area contributed by atoms with E-state index in [1.807, 2.05) is 51.1 Å². The number of ether oxygens (including phenoxy) is 1. The molecule has 9 heteroatoms. The Bertz CT molecular complexity index is 1250. The van der Waals surface area contributed by atoms with Crippen LogP contribution in [0.2, 0.25) is 0 Å². The van der Waals surface area contributed by atoms with Gasteiger partial charge >= 0.3 is 0 Å². The van der Waals surface area contributed by atoms with Crippen molar-refractivity contribution in [3.8, 4) is 5.75 Å². The van der Waals surface area contributed by atoms with Gasteiger partial charge in [-0.15, -0.1) is 11.8 Å². The number of unbranched alkanes of at least 4 members (excludes halogenated alkanes) is 1. The molecule has 8 nitrogen and oxygen atoms in total. The van der Waals surface area contributed by atoms with Crippen LogP contribution >= 0.6 is 11.8 Å². The van der Waals surface area contributed by atoms with E-state index < -0.39 is 22.6 Å². The lowest BCUT2D eigenvalue weighted by Crippen LogP contribution is -2.51. The van der Waals surface area contributed by atoms with Crippen molar-refractivity contribution in [3.05, 3.63) is 53.6 Å². The number of thioether (sulfide) groups is 1. The van der Waals surface area contributed by atoms with Gasteiger partial charge in [0, 0.05) is 29.8 Å². The third-order valence-electron chi connectivity index (χ3n) is 8.24. The minimum Gasteiger partial charge on any atom is -0.494 e. The number of anilines is 2. The molecule has 5 rings (SSSR count). The molecule has 3 aliphatic rings. The molecular formula is C30H37N3O5S. The summed E-state index contributed by atoms with van der Waals surface area (Å²) in [5.41, 5.74) is 3.39. The number of aliphatic hydroxyl groups is 1. The first kappa shape index (κ1) is 27.5. The second-order valence-corrected chi connectivity index (χ2v) is 12.4. The van der Waals surface area contributed by atoms with Crippen LogP contribution in [0.1, 0.15) is 43.7 Å². The third-order valence-corrected chi connectivity index (χ3v) is 10.2. The maximum Gasteiger partial charge on any atom is 0.248 e. The second-order valence-electron chi connectivity index (χ2n) is 10.8. The molecule has 2 bridgehead atoms. The molecule has 2 aromatic rings. The highest BCUT2D eigenvalue weighted by atomic mass is 32.2. The van der Waals surface area contributed by atoms with Crippen molar-refractivity contribution in [3.63, 3.8) is 0 Å². The molecule has 0 radical (unpaired) electrons. The number of aryl methyl sites for hydroxylation is 2. The largest absolute Gasteiger partial charge is 0.494 e. The number of aliphatic hydroxyl groups excluding tert-OH is 1. The fraction of sp³-hybridized carbons (Fsp3) is 0.500. The molecule has 39 heavy (non-hydrogen) atoms. The van der Waals surface area contributed by atoms with E-state index in [2.05, 4.69) is 10.6 Å². The predicted molar refractivity (Wildman–Crippen MR) is 153 cm³/mol. The Morgan fingerprint density at radius 1 is 1.10 bits per heavy atom. The molecular weight excluding hydrogens is 514 g/mol. The van der Waals surface area contributed by atoms with Gasteiger partial charge in [-0.25, -0.2) is 0 Å². The van der Waals surface area contributed by atoms with Gasteiger partial charge in [0.25, 0.3) is 0 Å². The average molecular weight is 552 g/mol. The number of amides is 3. The van der Waals surface area contributed by atoms with E-state index in [0.717, 1.165) is 29.0 Å². The van der Waals surface area contributed by atoms with Gasteiger partial charge in [0.1, 0.15) is 11.8 Å². The maximum absolute atomic E-state index is 14.0. The molecule has 3 N–H and O–H groups in total. The summed E-state index contributed by atoms with van der Waals surface area (Å²) in [5, 5.41) is 15.5. The summed E-state index contributed by atoms with van der Waals surface area (Å²) in [6.45, 7) is 6.81. The summed E-state index contributed by atoms with van der Waals surface area (Å²) in [6.07, 6.45) is 2.64. The fourth-order valence-electron chi connectivity index (χ4n) is 6.49. The van der Waals surface area contributed by atoms with E-state index in [4.69, 9.17) is 4.74 Å². The van der Waals surface area contributed by atoms with Crippen LogP contribution in [0.15, 0.2) is 42.5 Å². The first-order valence-corrected chi connectivity index (χ1v) is 14.7. The lowest BCUT2D eigenvalue weighted by atomic mass is 9.70. The topological polar surface area (TPSA) is 108 Å². The number of nitrogens with one attached hydrogen (secondary N) is 2. The Hall–Kier alpha value is -3.04. The molecule has 0 aliphatic carbocycles. The van der Waals surface area contributed by atoms with Crippen molar-refractivity contribution in [1.82, 2.24) is 4.90 Å². The summed E-state index contributed by atoms with van der Waals surface area (Å²) in [5.74, 6) is -0.858. The van der Waals surface area contributed by atoms with Gasteiger partial charge in [-0.2, -0.15) is 0 Å². The van der Waals surface area contributed by atoms with E-state index in [-0.39, 0.29) is 29.6 Å². The van der Waals surface area contributed by atoms with Gasteiger partial charge in [-0.3, -0.25) is 14.4 Å². The number of carbonyl (C=O) groups is 3. The zero-order valence-corrected chi connectivity index (χ0v) is 23.6. The highest BCUT2D eigenvalue weighted by Crippen LogP contribution is 2.66. The number of hydrogen-bond donors (Lipinski definition) is 3. The fourth-order valence-corrected chi connectivity index (χ4v) is 8.71. The van der Waals surface area contributed by atoms with E-state index in [0.29, 0.717) is 38.1 Å². The number of rotatable bonds is 10. The average Bonchev–Trinajstić information content (AvgIpc) is 3.55. The lowest BCUT2D eigenvalue weighted by molar-refractivity contribution is -0.138. The quantitative estimate of drug-likeness (QED) is 0.383. The number of fused-ring (bicyclic) bond motifs is 1. The Labute approximate surface area is 233 Å². The van der Waals surface area contributed by atoms with Gasteiger partial charge in [0.15, 0.2) is 0 Å². The molecule has 0 aromatic heterocycles. The highest BCUT2D eigenvalue weighted by Gasteiger charge is 2.73. The second kappa shape index (κ2) is 11.2. The van der Waals surface area contributed by atoms with Crippen LogP contribution in [0.4, 0.5) is 11.4 Å². The molecule has 2 unspecified atom stereocenters. The van der Waals surface area contributed by atoms with Crippen LogP contribution < -0.4 is 15.4 Å². The van der Waals surface area contributed by atoms with E-state index >= 15 is 0 Å². The molecule has 208 valence electrons. The summed E-state index contributed by atoms with van der Waals surface area (Å²) in [4.78, 5) is 43.3. The van der Waals surface area contributed by atoms with Crippen molar-refractivity contribution >= 4 is 40.9 Å². The van der Waals surface area contributed by atoms with Gasteiger partial charge in [0.2, 0.25) is 17.7 Å². The predicted octanol–water partition coefficient (Wildman–Crippen LogP) is 4.14. The Kier molecular flexibility index (Phi) is 7.91. The molecule has 3 amide bonds. The van der Waals surface area contributed by atoms with Crippen molar-refractivity contribution in [2.24, 2.45) is 11.8 Å². The van der Waals surface area contributed by atoms with E-state index in [1.165, 1.54) is 0 Å². The van der Waals surface area contributed by atoms with Gasteiger partial charge in [0.05, 0.1) is 23.2 Å². The van der Waals surface area contributed by atoms with Crippen LogP contribution in [0.5, 0.6) is 5.75 Å². The normalized spacial score (nSPS) is 27.0. The summed E-state index contributed by atoms with van der Waals surface area (Å²) < 4.78 is 4.85. The molecule has 3 fully saturated rings. The first-order chi connectivity index (χ1) is 18.8. The van der Waals surface area contributed by atoms with Crippen molar-refractivity contribution in [2.45, 2.75) is 62.5 Å². The standard InChI is InChI=1S/C30H37N3O5S/c1-4-38-21-11-9-20(10-12-21)31-27(35)24-23-13-14-30(39-23)25(24)29(37)33(15-5-6-16-34)26(30)28(36)32-22-17-18(2)7-8-19(22)3/h7-12,17,23-26,34H,4-6,13-16H2,1-3H3,(H,31,35)(H,32,36)/t23-,24+,25+,26?,30?/m1/s1. The monoisotopic (exact) mass is 551 g/mol. The number of nitrogens with zero attached hydrogens (tertiary/aromatic N) is 1. The number of likely N-dealkylation sites (tertiary alicyclic amines) is 1. The highest BCUT2D eigenvalue weighted by molar-refractivity contribution is 8.02. The minimum absolute atomic E-state index is 0.0164. The van der Waals surface area contributed by atoms with E-state index in [1.54, 1.807) is 28.8 Å². The molecule has 5 atom stereocenters. The molecule has 3 saturated heterocycles. The smallest absolute Gasteiger partial charge is 0.248 e. The molecule has 1 spiro atoms. The maximum atomic E-state index is 14.0. The Morgan fingerprint density at radius 2 is 1.87 bits per heavy atom. The van der Waals surface area contributed by atoms with Crippen molar-refractivity contribution in [1.29, 1.82) is 0 Å². The van der Waals surface area contributed by atoms with E-state index in [9.17, 15) is 19.5 Å². The summed E-state index contributed by atoms with van der Waals surface area (Å²) >= 11 is 1.65. The zero-order chi connectivity index (χ0) is 27.7. The summed E-state index contributed by atoms with van der Waals surface area (Å²) in [7, 11) is 0. The first-order valence-electron chi connectivity index (χ1n) is 13.8. The summed E-state index contributed by atoms with van der Waals surface area (Å²) in [6, 6.07) is 12.5. The minimum atomic E-state index is -0.674. The van der Waals surface area contributed by atoms with Crippen LogP contribution in [-0.2, 0) is 14.4 Å². The Morgan fingerprint density at radius 3 is 2.59 bits per heavy atom. The number of carbonyl (C=O) groups excluding carboxylic acids is 3. The SMILES string of the molecule is CCOc1ccc(NC(=O)[C@@H]2[C@H]3C(=O)N(CCCCO)C(C(=O)Nc4cc(C)ccc4C)C34CC[C@H]2S4)cc1. The third kappa shape index (κ3) is 5.02. The molecule has 0 saturated carbocycles. The van der Waals surface area contributed by atoms with Gasteiger partial charge in [-0.1, -0.05) is 12.1 Å². The van der Waals surface area contributed by atoms with Crippen molar-refractivity contribution < 1.29 is 24.2 Å². The van der Waals surface area contributed by atoms with Crippen molar-refractivity contribution in [2.75, 3.05) is 30.4 Å². The number of hydrogen-bond acceptors (Lipinski definition) is 6. The van der Waals surface area contributed by atoms with Crippen LogP contribution in [0.3, 0.4) is 0 Å². The lowest BCUT2D eigenvalue weighted by Gasteiger charge is -2.34. The molecule has 3 aliphatic heterocycles.